The third kappa shape index (κ3) is 1.96. The van der Waals surface area contributed by atoms with Crippen molar-refractivity contribution in [2.45, 2.75) is 13.0 Å². The van der Waals surface area contributed by atoms with E-state index in [9.17, 15) is 9.59 Å². The van der Waals surface area contributed by atoms with E-state index in [1.807, 2.05) is 30.3 Å². The molecule has 1 aromatic carbocycles. The van der Waals surface area contributed by atoms with Gasteiger partial charge in [-0.3, -0.25) is 14.5 Å². The van der Waals surface area contributed by atoms with Crippen LogP contribution in [0.5, 0.6) is 0 Å². The van der Waals surface area contributed by atoms with Crippen LogP contribution >= 0.6 is 23.2 Å². The molecule has 0 aliphatic carbocycles. The van der Waals surface area contributed by atoms with Crippen molar-refractivity contribution in [2.24, 2.45) is 0 Å². The molecule has 17 heavy (non-hydrogen) atoms. The minimum atomic E-state index is -0.544. The highest BCUT2D eigenvalue weighted by atomic mass is 35.5. The zero-order valence-electron chi connectivity index (χ0n) is 8.98. The van der Waals surface area contributed by atoms with Gasteiger partial charge in [0, 0.05) is 0 Å². The number of hydrogen-bond acceptors (Lipinski definition) is 2. The molecule has 2 rings (SSSR count). The quantitative estimate of drug-likeness (QED) is 0.775. The van der Waals surface area contributed by atoms with E-state index in [2.05, 4.69) is 0 Å². The van der Waals surface area contributed by atoms with Gasteiger partial charge < -0.3 is 0 Å². The summed E-state index contributed by atoms with van der Waals surface area (Å²) < 4.78 is 0. The molecule has 1 heterocycles. The maximum atomic E-state index is 11.8. The second-order valence-corrected chi connectivity index (χ2v) is 4.45. The first-order valence-corrected chi connectivity index (χ1v) is 5.77. The summed E-state index contributed by atoms with van der Waals surface area (Å²) in [5.41, 5.74) is 0.852. The molecule has 0 N–H and O–H groups in total. The van der Waals surface area contributed by atoms with E-state index in [0.717, 1.165) is 10.5 Å². The monoisotopic (exact) mass is 269 g/mol. The van der Waals surface area contributed by atoms with Crippen LogP contribution in [-0.2, 0) is 9.59 Å². The molecular formula is C12H9Cl2NO2. The minimum Gasteiger partial charge on any atom is -0.267 e. The molecular weight excluding hydrogens is 261 g/mol. The summed E-state index contributed by atoms with van der Waals surface area (Å²) in [7, 11) is 0. The van der Waals surface area contributed by atoms with Gasteiger partial charge in [0.15, 0.2) is 0 Å². The van der Waals surface area contributed by atoms with E-state index in [4.69, 9.17) is 23.2 Å². The molecule has 0 fully saturated rings. The summed E-state index contributed by atoms with van der Waals surface area (Å²) >= 11 is 11.3. The van der Waals surface area contributed by atoms with E-state index in [1.54, 1.807) is 6.92 Å². The lowest BCUT2D eigenvalue weighted by molar-refractivity contribution is -0.139. The van der Waals surface area contributed by atoms with Gasteiger partial charge in [0.1, 0.15) is 10.1 Å². The number of nitrogens with zero attached hydrogens (tertiary/aromatic N) is 1. The molecule has 0 unspecified atom stereocenters. The minimum absolute atomic E-state index is 0.209. The molecule has 0 spiro atoms. The smallest absolute Gasteiger partial charge is 0.267 e. The van der Waals surface area contributed by atoms with Gasteiger partial charge in [-0.05, 0) is 12.5 Å². The van der Waals surface area contributed by atoms with Gasteiger partial charge in [-0.2, -0.15) is 0 Å². The van der Waals surface area contributed by atoms with Crippen LogP contribution in [0.1, 0.15) is 18.5 Å². The van der Waals surface area contributed by atoms with Crippen LogP contribution in [0.4, 0.5) is 0 Å². The van der Waals surface area contributed by atoms with Crippen molar-refractivity contribution in [3.8, 4) is 0 Å². The number of benzene rings is 1. The number of halogens is 2. The Kier molecular flexibility index (Phi) is 3.22. The highest BCUT2D eigenvalue weighted by molar-refractivity contribution is 6.58. The molecule has 1 aliphatic heterocycles. The van der Waals surface area contributed by atoms with Crippen molar-refractivity contribution < 1.29 is 9.59 Å². The van der Waals surface area contributed by atoms with Gasteiger partial charge in [0.25, 0.3) is 11.8 Å². The Balaban J connectivity index is 2.33. The summed E-state index contributed by atoms with van der Waals surface area (Å²) in [4.78, 5) is 24.6. The van der Waals surface area contributed by atoms with Crippen molar-refractivity contribution in [1.29, 1.82) is 0 Å². The van der Waals surface area contributed by atoms with Gasteiger partial charge in [-0.25, -0.2) is 0 Å². The number of carbonyl (C=O) groups excluding carboxylic acids is 2. The predicted molar refractivity (Wildman–Crippen MR) is 65.4 cm³/mol. The van der Waals surface area contributed by atoms with Crippen LogP contribution in [0, 0.1) is 0 Å². The largest absolute Gasteiger partial charge is 0.274 e. The molecule has 0 bridgehead atoms. The Bertz CT molecular complexity index is 486. The number of amides is 2. The molecule has 3 nitrogen and oxygen atoms in total. The van der Waals surface area contributed by atoms with E-state index in [0.29, 0.717) is 0 Å². The third-order valence-corrected chi connectivity index (χ3v) is 3.47. The van der Waals surface area contributed by atoms with Gasteiger partial charge in [0.2, 0.25) is 0 Å². The fourth-order valence-electron chi connectivity index (χ4n) is 1.72. The van der Waals surface area contributed by atoms with Crippen LogP contribution in [0.25, 0.3) is 0 Å². The fourth-order valence-corrected chi connectivity index (χ4v) is 2.07. The fraction of sp³-hybridized carbons (Fsp3) is 0.167. The van der Waals surface area contributed by atoms with Gasteiger partial charge in [0.05, 0.1) is 6.04 Å². The maximum Gasteiger partial charge on any atom is 0.274 e. The second-order valence-electron chi connectivity index (χ2n) is 3.69. The van der Waals surface area contributed by atoms with Crippen molar-refractivity contribution in [1.82, 2.24) is 4.90 Å². The van der Waals surface area contributed by atoms with E-state index >= 15 is 0 Å². The number of imide groups is 1. The third-order valence-electron chi connectivity index (χ3n) is 2.68. The highest BCUT2D eigenvalue weighted by Gasteiger charge is 2.39. The van der Waals surface area contributed by atoms with Crippen LogP contribution in [0.2, 0.25) is 0 Å². The lowest BCUT2D eigenvalue weighted by atomic mass is 10.1. The van der Waals surface area contributed by atoms with E-state index < -0.39 is 11.8 Å². The normalized spacial score (nSPS) is 17.9. The zero-order valence-corrected chi connectivity index (χ0v) is 10.5. The number of carbonyl (C=O) groups is 2. The predicted octanol–water partition coefficient (Wildman–Crippen LogP) is 2.81. The summed E-state index contributed by atoms with van der Waals surface area (Å²) in [6, 6.07) is 8.83. The Morgan fingerprint density at radius 3 is 1.94 bits per heavy atom. The Labute approximate surface area is 109 Å². The number of rotatable bonds is 2. The first-order valence-electron chi connectivity index (χ1n) is 5.02. The van der Waals surface area contributed by atoms with Crippen LogP contribution in [0.15, 0.2) is 40.4 Å². The molecule has 1 atom stereocenters. The van der Waals surface area contributed by atoms with Crippen LogP contribution in [-0.4, -0.2) is 16.7 Å². The highest BCUT2D eigenvalue weighted by Crippen LogP contribution is 2.33. The van der Waals surface area contributed by atoms with Crippen molar-refractivity contribution in [2.75, 3.05) is 0 Å². The van der Waals surface area contributed by atoms with Gasteiger partial charge in [-0.1, -0.05) is 53.5 Å². The van der Waals surface area contributed by atoms with E-state index in [-0.39, 0.29) is 16.1 Å². The molecule has 0 saturated heterocycles. The van der Waals surface area contributed by atoms with Gasteiger partial charge in [-0.15, -0.1) is 0 Å². The summed E-state index contributed by atoms with van der Waals surface area (Å²) in [5, 5.41) is -0.418. The summed E-state index contributed by atoms with van der Waals surface area (Å²) in [5.74, 6) is -1.09. The van der Waals surface area contributed by atoms with Crippen molar-refractivity contribution in [3.05, 3.63) is 46.0 Å². The summed E-state index contributed by atoms with van der Waals surface area (Å²) in [6.45, 7) is 1.75. The topological polar surface area (TPSA) is 37.4 Å². The Morgan fingerprint density at radius 2 is 1.47 bits per heavy atom. The molecule has 1 aliphatic rings. The molecule has 1 aromatic rings. The first-order chi connectivity index (χ1) is 8.04. The lowest BCUT2D eigenvalue weighted by Crippen LogP contribution is -2.33. The van der Waals surface area contributed by atoms with Crippen molar-refractivity contribution in [3.63, 3.8) is 0 Å². The standard InChI is InChI=1S/C12H9Cl2NO2/c1-7(8-5-3-2-4-6-8)15-11(16)9(13)10(14)12(15)17/h2-7H,1H3/t7-/m1/s1. The summed E-state index contributed by atoms with van der Waals surface area (Å²) in [6.07, 6.45) is 0. The average Bonchev–Trinajstić information content (AvgIpc) is 2.54. The Morgan fingerprint density at radius 1 is 1.00 bits per heavy atom. The van der Waals surface area contributed by atoms with Gasteiger partial charge >= 0.3 is 0 Å². The van der Waals surface area contributed by atoms with Crippen molar-refractivity contribution >= 4 is 35.0 Å². The Hall–Kier alpha value is -1.32. The van der Waals surface area contributed by atoms with Crippen LogP contribution < -0.4 is 0 Å². The first kappa shape index (κ1) is 12.1. The average molecular weight is 270 g/mol. The maximum absolute atomic E-state index is 11.8. The molecule has 5 heteroatoms. The lowest BCUT2D eigenvalue weighted by Gasteiger charge is -2.22. The molecule has 2 amide bonds. The second kappa shape index (κ2) is 4.51. The number of hydrogen-bond donors (Lipinski definition) is 0. The molecule has 88 valence electrons. The van der Waals surface area contributed by atoms with Crippen LogP contribution in [0.3, 0.4) is 0 Å². The molecule has 0 radical (unpaired) electrons. The molecule has 0 saturated carbocycles. The van der Waals surface area contributed by atoms with E-state index in [1.165, 1.54) is 0 Å². The SMILES string of the molecule is C[C@H](c1ccccc1)N1C(=O)C(Cl)=C(Cl)C1=O. The molecule has 0 aromatic heterocycles. The zero-order chi connectivity index (χ0) is 12.6.